The van der Waals surface area contributed by atoms with Crippen LogP contribution in [0, 0.1) is 11.3 Å². The third-order valence-corrected chi connectivity index (χ3v) is 3.36. The van der Waals surface area contributed by atoms with Gasteiger partial charge >= 0.3 is 48.9 Å². The maximum absolute atomic E-state index is 8.09. The van der Waals surface area contributed by atoms with Crippen molar-refractivity contribution in [1.82, 2.24) is 0 Å². The van der Waals surface area contributed by atoms with Crippen LogP contribution in [0.1, 0.15) is 6.42 Å². The molecule has 0 aliphatic heterocycles. The Bertz CT molecular complexity index is 72.6. The number of hydrogen-bond acceptors (Lipinski definition) is 1. The van der Waals surface area contributed by atoms with Crippen LogP contribution in [0.3, 0.4) is 0 Å². The summed E-state index contributed by atoms with van der Waals surface area (Å²) in [6, 6.07) is 2.14. The second kappa shape index (κ2) is 4.20. The van der Waals surface area contributed by atoms with Crippen molar-refractivity contribution < 1.29 is 0 Å². The van der Waals surface area contributed by atoms with Crippen molar-refractivity contribution in [2.45, 2.75) is 23.2 Å². The van der Waals surface area contributed by atoms with E-state index in [1.807, 2.05) is 0 Å². The van der Waals surface area contributed by atoms with Gasteiger partial charge in [0.1, 0.15) is 0 Å². The van der Waals surface area contributed by atoms with Crippen molar-refractivity contribution in [2.75, 3.05) is 0 Å². The Hall–Kier alpha value is 0.0329. The molecule has 0 fully saturated rings. The first-order valence-electron chi connectivity index (χ1n) is 2.43. The van der Waals surface area contributed by atoms with E-state index >= 15 is 0 Å². The Kier molecular flexibility index (Phi) is 4.22. The first-order chi connectivity index (χ1) is 3.27. The van der Waals surface area contributed by atoms with Crippen LogP contribution in [0.5, 0.6) is 0 Å². The Morgan fingerprint density at radius 3 is 2.29 bits per heavy atom. The monoisotopic (exact) mass is 158 g/mol. The van der Waals surface area contributed by atoms with Gasteiger partial charge in [-0.3, -0.25) is 0 Å². The van der Waals surface area contributed by atoms with E-state index in [1.165, 1.54) is 5.25 Å². The van der Waals surface area contributed by atoms with Crippen LogP contribution in [0.2, 0.25) is 16.8 Å². The van der Waals surface area contributed by atoms with Crippen molar-refractivity contribution >= 4 is 14.3 Å². The van der Waals surface area contributed by atoms with E-state index in [0.717, 1.165) is 6.42 Å². The van der Waals surface area contributed by atoms with Crippen molar-refractivity contribution in [3.8, 4) is 6.07 Å². The molecule has 0 rings (SSSR count). The molecule has 0 unspecified atom stereocenters. The second-order valence-electron chi connectivity index (χ2n) is 1.87. The van der Waals surface area contributed by atoms with E-state index < -0.39 is 14.3 Å². The number of nitrogens with zero attached hydrogens (tertiary/aromatic N) is 1. The van der Waals surface area contributed by atoms with Crippen LogP contribution in [-0.4, -0.2) is 14.3 Å². The molecule has 0 aliphatic carbocycles. The topological polar surface area (TPSA) is 23.8 Å². The molecule has 0 N–H and O–H groups in total. The van der Waals surface area contributed by atoms with Gasteiger partial charge in [0, 0.05) is 0 Å². The first kappa shape index (κ1) is 7.03. The summed E-state index contributed by atoms with van der Waals surface area (Å²) in [5, 5.41) is 9.30. The molecule has 1 nitrogen and oxygen atoms in total. The molecule has 0 spiro atoms. The second-order valence-corrected chi connectivity index (χ2v) is 7.98. The van der Waals surface area contributed by atoms with E-state index in [9.17, 15) is 0 Å². The van der Waals surface area contributed by atoms with E-state index in [-0.39, 0.29) is 0 Å². The fraction of sp³-hybridized carbons (Fsp3) is 0.800. The Balaban J connectivity index is 2.86. The molecular weight excluding hydrogens is 147 g/mol. The van der Waals surface area contributed by atoms with Crippen LogP contribution in [0.15, 0.2) is 0 Å². The maximum atomic E-state index is 8.09. The predicted molar refractivity (Wildman–Crippen MR) is 32.5 cm³/mol. The van der Waals surface area contributed by atoms with Gasteiger partial charge in [-0.2, -0.15) is 0 Å². The number of rotatable bonds is 2. The average Bonchev–Trinajstić information content (AvgIpc) is 1.61. The van der Waals surface area contributed by atoms with E-state index in [1.54, 1.807) is 0 Å². The molecule has 0 aromatic heterocycles. The Labute approximate surface area is 49.4 Å². The summed E-state index contributed by atoms with van der Waals surface area (Å²) in [5.41, 5.74) is 0. The molecule has 0 aromatic rings. The molecular formula is C5H10GeN. The molecule has 0 atom stereocenters. The van der Waals surface area contributed by atoms with Gasteiger partial charge in [0.25, 0.3) is 0 Å². The van der Waals surface area contributed by atoms with Gasteiger partial charge in [-0.1, -0.05) is 0 Å². The Morgan fingerprint density at radius 1 is 1.57 bits per heavy atom. The molecule has 0 amide bonds. The van der Waals surface area contributed by atoms with E-state index in [2.05, 4.69) is 17.6 Å². The number of hydrogen-bond donors (Lipinski definition) is 0. The predicted octanol–water partition coefficient (Wildman–Crippen LogP) is 1.65. The molecule has 0 saturated heterocycles. The molecule has 0 aromatic carbocycles. The minimum absolute atomic E-state index is 0.629. The summed E-state index contributed by atoms with van der Waals surface area (Å²) in [5.74, 6) is 4.58. The normalized spacial score (nSPS) is 8.86. The van der Waals surface area contributed by atoms with E-state index in [0.29, 0.717) is 0 Å². The van der Waals surface area contributed by atoms with Crippen molar-refractivity contribution in [3.05, 3.63) is 0 Å². The SMILES string of the molecule is [CH3][Ge]([CH3])[CH2]CC#N. The fourth-order valence-corrected chi connectivity index (χ4v) is 1.59. The third kappa shape index (κ3) is 6.03. The molecule has 0 aliphatic rings. The molecule has 2 heteroatoms. The summed E-state index contributed by atoms with van der Waals surface area (Å²) < 4.78 is 0. The number of nitriles is 1. The zero-order valence-corrected chi connectivity index (χ0v) is 6.96. The quantitative estimate of drug-likeness (QED) is 0.558. The van der Waals surface area contributed by atoms with Crippen LogP contribution in [0.4, 0.5) is 0 Å². The van der Waals surface area contributed by atoms with Crippen molar-refractivity contribution in [1.29, 1.82) is 5.26 Å². The summed E-state index contributed by atoms with van der Waals surface area (Å²) >= 11 is -0.629. The van der Waals surface area contributed by atoms with Crippen LogP contribution >= 0.6 is 0 Å². The van der Waals surface area contributed by atoms with Gasteiger partial charge < -0.3 is 0 Å². The molecule has 0 bridgehead atoms. The van der Waals surface area contributed by atoms with Gasteiger partial charge in [0.05, 0.1) is 0 Å². The summed E-state index contributed by atoms with van der Waals surface area (Å²) in [6.07, 6.45) is 0.780. The van der Waals surface area contributed by atoms with Gasteiger partial charge in [-0.15, -0.1) is 0 Å². The molecule has 7 heavy (non-hydrogen) atoms. The van der Waals surface area contributed by atoms with Gasteiger partial charge in [-0.05, 0) is 0 Å². The zero-order chi connectivity index (χ0) is 5.70. The van der Waals surface area contributed by atoms with E-state index in [4.69, 9.17) is 5.26 Å². The van der Waals surface area contributed by atoms with Crippen LogP contribution in [0.25, 0.3) is 0 Å². The fourth-order valence-electron chi connectivity index (χ4n) is 0.306. The molecule has 1 radical (unpaired) electrons. The van der Waals surface area contributed by atoms with Gasteiger partial charge in [0.15, 0.2) is 0 Å². The van der Waals surface area contributed by atoms with Crippen molar-refractivity contribution in [3.63, 3.8) is 0 Å². The average molecular weight is 157 g/mol. The third-order valence-electron chi connectivity index (χ3n) is 0.737. The Morgan fingerprint density at radius 2 is 2.14 bits per heavy atom. The first-order valence-corrected chi connectivity index (χ1v) is 8.11. The van der Waals surface area contributed by atoms with Crippen LogP contribution < -0.4 is 0 Å². The van der Waals surface area contributed by atoms with Gasteiger partial charge in [0.2, 0.25) is 0 Å². The van der Waals surface area contributed by atoms with Crippen molar-refractivity contribution in [2.24, 2.45) is 0 Å². The minimum atomic E-state index is -0.629. The molecule has 0 heterocycles. The summed E-state index contributed by atoms with van der Waals surface area (Å²) in [4.78, 5) is 0. The zero-order valence-electron chi connectivity index (χ0n) is 4.86. The molecule has 0 saturated carbocycles. The van der Waals surface area contributed by atoms with Crippen LogP contribution in [-0.2, 0) is 0 Å². The van der Waals surface area contributed by atoms with Gasteiger partial charge in [-0.25, -0.2) is 0 Å². The summed E-state index contributed by atoms with van der Waals surface area (Å²) in [6.45, 7) is 0. The molecule has 39 valence electrons. The standard InChI is InChI=1S/C5H10GeN/c1-6(2)4-3-5-7/h3-4H2,1-2H3. The summed E-state index contributed by atoms with van der Waals surface area (Å²) in [7, 11) is 0.